The Labute approximate surface area is 96.8 Å². The van der Waals surface area contributed by atoms with Crippen molar-refractivity contribution in [3.63, 3.8) is 0 Å². The molecule has 1 rings (SSSR count). The van der Waals surface area contributed by atoms with Crippen LogP contribution in [0, 0.1) is 0 Å². The lowest BCUT2D eigenvalue weighted by Crippen LogP contribution is -2.53. The maximum atomic E-state index is 11.8. The van der Waals surface area contributed by atoms with Crippen LogP contribution in [0.2, 0.25) is 0 Å². The second kappa shape index (κ2) is 5.75. The molecule has 1 aliphatic heterocycles. The second-order valence-electron chi connectivity index (χ2n) is 4.50. The maximum absolute atomic E-state index is 11.8. The first-order chi connectivity index (χ1) is 7.06. The molecule has 0 aromatic rings. The molecular formula is C11H22N2OS. The van der Waals surface area contributed by atoms with Gasteiger partial charge in [-0.25, -0.2) is 0 Å². The monoisotopic (exact) mass is 230 g/mol. The number of thioether (sulfide) groups is 1. The van der Waals surface area contributed by atoms with E-state index in [1.807, 2.05) is 32.5 Å². The van der Waals surface area contributed by atoms with Crippen molar-refractivity contribution in [3.8, 4) is 0 Å². The van der Waals surface area contributed by atoms with Gasteiger partial charge in [0.05, 0.1) is 5.54 Å². The molecule has 1 atom stereocenters. The predicted octanol–water partition coefficient (Wildman–Crippen LogP) is 1.39. The van der Waals surface area contributed by atoms with E-state index in [1.165, 1.54) is 18.6 Å². The second-order valence-corrected chi connectivity index (χ2v) is 5.91. The van der Waals surface area contributed by atoms with Crippen LogP contribution in [0.1, 0.15) is 33.6 Å². The van der Waals surface area contributed by atoms with Crippen molar-refractivity contribution in [3.05, 3.63) is 0 Å². The molecule has 1 aliphatic rings. The zero-order valence-electron chi connectivity index (χ0n) is 9.93. The van der Waals surface area contributed by atoms with Gasteiger partial charge in [0.15, 0.2) is 0 Å². The van der Waals surface area contributed by atoms with Gasteiger partial charge in [-0.1, -0.05) is 6.92 Å². The average molecular weight is 230 g/mol. The topological polar surface area (TPSA) is 41.1 Å². The van der Waals surface area contributed by atoms with Crippen molar-refractivity contribution in [1.29, 1.82) is 0 Å². The zero-order valence-corrected chi connectivity index (χ0v) is 10.7. The molecular weight excluding hydrogens is 208 g/mol. The van der Waals surface area contributed by atoms with Gasteiger partial charge >= 0.3 is 0 Å². The predicted molar refractivity (Wildman–Crippen MR) is 66.2 cm³/mol. The highest BCUT2D eigenvalue weighted by Gasteiger charge is 2.26. The largest absolute Gasteiger partial charge is 0.353 e. The van der Waals surface area contributed by atoms with Crippen molar-refractivity contribution in [2.45, 2.75) is 44.4 Å². The molecule has 1 unspecified atom stereocenters. The first kappa shape index (κ1) is 12.8. The molecule has 3 nitrogen and oxygen atoms in total. The fraction of sp³-hybridized carbons (Fsp3) is 0.909. The van der Waals surface area contributed by atoms with E-state index in [1.54, 1.807) is 0 Å². The molecule has 88 valence electrons. The van der Waals surface area contributed by atoms with Crippen molar-refractivity contribution >= 4 is 17.7 Å². The van der Waals surface area contributed by atoms with Gasteiger partial charge in [0, 0.05) is 11.8 Å². The number of carbonyl (C=O) groups is 1. The number of likely N-dealkylation sites (N-methyl/N-ethyl adjacent to an activating group) is 1. The van der Waals surface area contributed by atoms with Crippen LogP contribution >= 0.6 is 11.8 Å². The summed E-state index contributed by atoms with van der Waals surface area (Å²) < 4.78 is 0. The van der Waals surface area contributed by atoms with Gasteiger partial charge in [-0.15, -0.1) is 0 Å². The van der Waals surface area contributed by atoms with Gasteiger partial charge < -0.3 is 10.6 Å². The van der Waals surface area contributed by atoms with Crippen LogP contribution in [0.3, 0.4) is 0 Å². The number of hydrogen-bond donors (Lipinski definition) is 2. The van der Waals surface area contributed by atoms with Gasteiger partial charge in [0.1, 0.15) is 0 Å². The van der Waals surface area contributed by atoms with Crippen molar-refractivity contribution in [2.75, 3.05) is 18.8 Å². The Morgan fingerprint density at radius 2 is 2.27 bits per heavy atom. The van der Waals surface area contributed by atoms with Crippen LogP contribution in [-0.2, 0) is 4.79 Å². The van der Waals surface area contributed by atoms with E-state index in [0.29, 0.717) is 5.25 Å². The molecule has 2 N–H and O–H groups in total. The van der Waals surface area contributed by atoms with Gasteiger partial charge in [0.2, 0.25) is 5.91 Å². The van der Waals surface area contributed by atoms with Crippen LogP contribution < -0.4 is 10.6 Å². The third-order valence-corrected chi connectivity index (χ3v) is 4.10. The SMILES string of the molecule is CCNC(C)(C)C(=O)NCC1CCCS1. The summed E-state index contributed by atoms with van der Waals surface area (Å²) >= 11 is 1.97. The van der Waals surface area contributed by atoms with E-state index >= 15 is 0 Å². The van der Waals surface area contributed by atoms with Gasteiger partial charge in [-0.2, -0.15) is 11.8 Å². The Morgan fingerprint density at radius 3 is 2.80 bits per heavy atom. The van der Waals surface area contributed by atoms with E-state index in [9.17, 15) is 4.79 Å². The zero-order chi connectivity index (χ0) is 11.3. The van der Waals surface area contributed by atoms with E-state index in [4.69, 9.17) is 0 Å². The first-order valence-electron chi connectivity index (χ1n) is 5.71. The Hall–Kier alpha value is -0.220. The summed E-state index contributed by atoms with van der Waals surface area (Å²) in [6.45, 7) is 7.50. The third-order valence-electron chi connectivity index (χ3n) is 2.70. The summed E-state index contributed by atoms with van der Waals surface area (Å²) in [5, 5.41) is 6.84. The van der Waals surface area contributed by atoms with Gasteiger partial charge in [-0.05, 0) is 39.0 Å². The molecule has 0 saturated carbocycles. The minimum Gasteiger partial charge on any atom is -0.353 e. The molecule has 1 fully saturated rings. The summed E-state index contributed by atoms with van der Waals surface area (Å²) in [6.07, 6.45) is 2.54. The molecule has 0 bridgehead atoms. The highest BCUT2D eigenvalue weighted by Crippen LogP contribution is 2.25. The number of carbonyl (C=O) groups excluding carboxylic acids is 1. The van der Waals surface area contributed by atoms with E-state index in [-0.39, 0.29) is 5.91 Å². The normalized spacial score (nSPS) is 21.7. The average Bonchev–Trinajstić information content (AvgIpc) is 2.66. The van der Waals surface area contributed by atoms with Crippen molar-refractivity contribution in [1.82, 2.24) is 10.6 Å². The van der Waals surface area contributed by atoms with Crippen LogP contribution in [0.15, 0.2) is 0 Å². The standard InChI is InChI=1S/C11H22N2OS/c1-4-13-11(2,3)10(14)12-8-9-6-5-7-15-9/h9,13H,4-8H2,1-3H3,(H,12,14). The highest BCUT2D eigenvalue weighted by atomic mass is 32.2. The van der Waals surface area contributed by atoms with E-state index in [2.05, 4.69) is 10.6 Å². The molecule has 15 heavy (non-hydrogen) atoms. The summed E-state index contributed by atoms with van der Waals surface area (Å²) in [4.78, 5) is 11.8. The number of rotatable bonds is 5. The minimum absolute atomic E-state index is 0.108. The molecule has 4 heteroatoms. The smallest absolute Gasteiger partial charge is 0.239 e. The number of nitrogens with one attached hydrogen (secondary N) is 2. The quantitative estimate of drug-likeness (QED) is 0.750. The summed E-state index contributed by atoms with van der Waals surface area (Å²) in [5.41, 5.74) is -0.446. The molecule has 1 heterocycles. The molecule has 0 aromatic heterocycles. The Balaban J connectivity index is 2.27. The number of amides is 1. The van der Waals surface area contributed by atoms with E-state index < -0.39 is 5.54 Å². The Bertz CT molecular complexity index is 213. The van der Waals surface area contributed by atoms with Crippen LogP contribution in [0.25, 0.3) is 0 Å². The lowest BCUT2D eigenvalue weighted by Gasteiger charge is -2.25. The highest BCUT2D eigenvalue weighted by molar-refractivity contribution is 8.00. The third kappa shape index (κ3) is 4.03. The van der Waals surface area contributed by atoms with Crippen LogP contribution in [0.4, 0.5) is 0 Å². The fourth-order valence-corrected chi connectivity index (χ4v) is 2.96. The minimum atomic E-state index is -0.446. The molecule has 0 spiro atoms. The van der Waals surface area contributed by atoms with Crippen LogP contribution in [0.5, 0.6) is 0 Å². The van der Waals surface area contributed by atoms with Gasteiger partial charge in [0.25, 0.3) is 0 Å². The first-order valence-corrected chi connectivity index (χ1v) is 6.76. The maximum Gasteiger partial charge on any atom is 0.239 e. The van der Waals surface area contributed by atoms with Gasteiger partial charge in [-0.3, -0.25) is 4.79 Å². The molecule has 0 aromatic carbocycles. The molecule has 1 amide bonds. The van der Waals surface area contributed by atoms with Crippen molar-refractivity contribution < 1.29 is 4.79 Å². The van der Waals surface area contributed by atoms with E-state index in [0.717, 1.165) is 13.1 Å². The Kier molecular flexibility index (Phi) is 4.93. The Morgan fingerprint density at radius 1 is 1.53 bits per heavy atom. The fourth-order valence-electron chi connectivity index (χ4n) is 1.76. The lowest BCUT2D eigenvalue weighted by atomic mass is 10.0. The molecule has 0 aliphatic carbocycles. The molecule has 0 radical (unpaired) electrons. The summed E-state index contributed by atoms with van der Waals surface area (Å²) in [7, 11) is 0. The molecule has 1 saturated heterocycles. The summed E-state index contributed by atoms with van der Waals surface area (Å²) in [5.74, 6) is 1.36. The van der Waals surface area contributed by atoms with Crippen molar-refractivity contribution in [2.24, 2.45) is 0 Å². The lowest BCUT2D eigenvalue weighted by molar-refractivity contribution is -0.126. The van der Waals surface area contributed by atoms with Crippen LogP contribution in [-0.4, -0.2) is 35.5 Å². The summed E-state index contributed by atoms with van der Waals surface area (Å²) in [6, 6.07) is 0. The number of hydrogen-bond acceptors (Lipinski definition) is 3.